The molecule has 0 bridgehead atoms. The maximum atomic E-state index is 12.6. The number of hydrogen-bond acceptors (Lipinski definition) is 4. The van der Waals surface area contributed by atoms with Crippen LogP contribution in [0.4, 0.5) is 5.69 Å². The lowest BCUT2D eigenvalue weighted by atomic mass is 10.2. The molecule has 2 aliphatic carbocycles. The Hall–Kier alpha value is -1.53. The number of carbonyl (C=O) groups is 1. The topological polar surface area (TPSA) is 59.8 Å². The average molecular weight is 377 g/mol. The van der Waals surface area contributed by atoms with Crippen molar-refractivity contribution < 1.29 is 4.79 Å². The van der Waals surface area contributed by atoms with Crippen molar-refractivity contribution in [2.45, 2.75) is 61.9 Å². The molecule has 0 saturated heterocycles. The Balaban J connectivity index is 1.47. The third-order valence-corrected chi connectivity index (χ3v) is 5.95. The van der Waals surface area contributed by atoms with Gasteiger partial charge in [0.1, 0.15) is 5.82 Å². The molecule has 0 aliphatic heterocycles. The van der Waals surface area contributed by atoms with Gasteiger partial charge in [0.05, 0.1) is 5.25 Å². The van der Waals surface area contributed by atoms with E-state index in [1.165, 1.54) is 37.4 Å². The number of halogens is 1. The first-order valence-corrected chi connectivity index (χ1v) is 9.97. The van der Waals surface area contributed by atoms with Gasteiger partial charge in [-0.25, -0.2) is 0 Å². The van der Waals surface area contributed by atoms with E-state index in [2.05, 4.69) is 20.1 Å². The number of anilines is 1. The summed E-state index contributed by atoms with van der Waals surface area (Å²) >= 11 is 7.52. The molecule has 132 valence electrons. The van der Waals surface area contributed by atoms with Gasteiger partial charge in [-0.15, -0.1) is 10.2 Å². The largest absolute Gasteiger partial charge is 0.325 e. The number of carbonyl (C=O) groups excluding carboxylic acids is 1. The Kier molecular flexibility index (Phi) is 4.50. The molecule has 2 aromatic rings. The summed E-state index contributed by atoms with van der Waals surface area (Å²) in [6.07, 6.45) is 4.79. The third kappa shape index (κ3) is 3.70. The number of aromatic nitrogens is 3. The number of rotatable bonds is 6. The van der Waals surface area contributed by atoms with Gasteiger partial charge in [-0.2, -0.15) is 0 Å². The number of aryl methyl sites for hydroxylation is 1. The van der Waals surface area contributed by atoms with Crippen molar-refractivity contribution in [3.63, 3.8) is 0 Å². The third-order valence-electron chi connectivity index (χ3n) is 4.65. The van der Waals surface area contributed by atoms with Crippen LogP contribution in [0.2, 0.25) is 5.02 Å². The summed E-state index contributed by atoms with van der Waals surface area (Å²) in [5, 5.41) is 13.0. The van der Waals surface area contributed by atoms with E-state index in [0.29, 0.717) is 17.0 Å². The second-order valence-electron chi connectivity index (χ2n) is 6.92. The molecule has 1 aromatic heterocycles. The van der Waals surface area contributed by atoms with Crippen molar-refractivity contribution in [3.8, 4) is 0 Å². The summed E-state index contributed by atoms with van der Waals surface area (Å²) in [7, 11) is 0. The molecule has 2 fully saturated rings. The number of nitrogens with zero attached hydrogens (tertiary/aromatic N) is 3. The van der Waals surface area contributed by atoms with Gasteiger partial charge in [-0.05, 0) is 57.2 Å². The van der Waals surface area contributed by atoms with Crippen LogP contribution in [0.5, 0.6) is 0 Å². The monoisotopic (exact) mass is 376 g/mol. The molecule has 1 amide bonds. The zero-order chi connectivity index (χ0) is 17.6. The summed E-state index contributed by atoms with van der Waals surface area (Å²) in [6, 6.07) is 6.03. The van der Waals surface area contributed by atoms with E-state index in [9.17, 15) is 4.79 Å². The second kappa shape index (κ2) is 6.65. The van der Waals surface area contributed by atoms with Crippen LogP contribution in [0.3, 0.4) is 0 Å². The molecule has 0 spiro atoms. The van der Waals surface area contributed by atoms with E-state index < -0.39 is 0 Å². The van der Waals surface area contributed by atoms with Crippen molar-refractivity contribution in [2.24, 2.45) is 0 Å². The summed E-state index contributed by atoms with van der Waals surface area (Å²) in [5.74, 6) is 1.64. The molecule has 0 unspecified atom stereocenters. The Labute approximate surface area is 156 Å². The first kappa shape index (κ1) is 16.9. The maximum absolute atomic E-state index is 12.6. The summed E-state index contributed by atoms with van der Waals surface area (Å²) in [6.45, 7) is 3.86. The number of benzene rings is 1. The van der Waals surface area contributed by atoms with Crippen molar-refractivity contribution >= 4 is 35.0 Å². The van der Waals surface area contributed by atoms with Crippen LogP contribution in [-0.4, -0.2) is 25.9 Å². The Bertz CT molecular complexity index is 813. The average Bonchev–Trinajstić information content (AvgIpc) is 3.50. The summed E-state index contributed by atoms with van der Waals surface area (Å²) < 4.78 is 2.27. The van der Waals surface area contributed by atoms with Crippen LogP contribution in [0.15, 0.2) is 23.4 Å². The number of amides is 1. The van der Waals surface area contributed by atoms with Crippen molar-refractivity contribution in [2.75, 3.05) is 5.32 Å². The Morgan fingerprint density at radius 3 is 2.76 bits per heavy atom. The lowest BCUT2D eigenvalue weighted by molar-refractivity contribution is -0.115. The normalized spacial score (nSPS) is 18.2. The first-order chi connectivity index (χ1) is 12.0. The maximum Gasteiger partial charge on any atom is 0.237 e. The van der Waals surface area contributed by atoms with E-state index >= 15 is 0 Å². The van der Waals surface area contributed by atoms with Gasteiger partial charge >= 0.3 is 0 Å². The number of nitrogens with one attached hydrogen (secondary N) is 1. The molecule has 2 saturated carbocycles. The highest BCUT2D eigenvalue weighted by Gasteiger charge is 2.37. The van der Waals surface area contributed by atoms with Crippen LogP contribution < -0.4 is 5.32 Å². The standard InChI is InChI=1S/C18H21ClN4OS/c1-10-3-6-13(19)9-15(10)20-17(24)11(2)25-18-22-21-16(12-4-5-12)23(18)14-7-8-14/h3,6,9,11-12,14H,4-5,7-8H2,1-2H3,(H,20,24)/t11-/m0/s1. The van der Waals surface area contributed by atoms with Crippen molar-refractivity contribution in [1.82, 2.24) is 14.8 Å². The van der Waals surface area contributed by atoms with E-state index in [0.717, 1.165) is 22.2 Å². The predicted octanol–water partition coefficient (Wildman–Crippen LogP) is 4.57. The fourth-order valence-corrected chi connectivity index (χ4v) is 3.94. The van der Waals surface area contributed by atoms with Crippen LogP contribution >= 0.6 is 23.4 Å². The minimum atomic E-state index is -0.257. The predicted molar refractivity (Wildman–Crippen MR) is 100 cm³/mol. The molecule has 1 atom stereocenters. The van der Waals surface area contributed by atoms with Crippen LogP contribution in [-0.2, 0) is 4.79 Å². The molecule has 1 N–H and O–H groups in total. The fourth-order valence-electron chi connectivity index (χ4n) is 2.84. The molecule has 25 heavy (non-hydrogen) atoms. The van der Waals surface area contributed by atoms with E-state index in [1.54, 1.807) is 6.07 Å². The highest BCUT2D eigenvalue weighted by atomic mass is 35.5. The highest BCUT2D eigenvalue weighted by molar-refractivity contribution is 8.00. The second-order valence-corrected chi connectivity index (χ2v) is 8.67. The summed E-state index contributed by atoms with van der Waals surface area (Å²) in [5.41, 5.74) is 1.75. The zero-order valence-electron chi connectivity index (χ0n) is 14.3. The minimum absolute atomic E-state index is 0.0475. The van der Waals surface area contributed by atoms with Crippen LogP contribution in [0.1, 0.15) is 56.0 Å². The van der Waals surface area contributed by atoms with E-state index in [1.807, 2.05) is 26.0 Å². The molecule has 2 aliphatic rings. The minimum Gasteiger partial charge on any atom is -0.325 e. The van der Waals surface area contributed by atoms with E-state index in [4.69, 9.17) is 11.6 Å². The van der Waals surface area contributed by atoms with Crippen molar-refractivity contribution in [3.05, 3.63) is 34.6 Å². The molecular formula is C18H21ClN4OS. The number of thioether (sulfide) groups is 1. The molecule has 7 heteroatoms. The molecule has 1 aromatic carbocycles. The van der Waals surface area contributed by atoms with Crippen LogP contribution in [0.25, 0.3) is 0 Å². The molecule has 1 heterocycles. The van der Waals surface area contributed by atoms with E-state index in [-0.39, 0.29) is 11.2 Å². The lowest BCUT2D eigenvalue weighted by Crippen LogP contribution is -2.23. The lowest BCUT2D eigenvalue weighted by Gasteiger charge is -2.14. The molecule has 0 radical (unpaired) electrons. The van der Waals surface area contributed by atoms with Gasteiger partial charge in [0.2, 0.25) is 5.91 Å². The smallest absolute Gasteiger partial charge is 0.237 e. The molecular weight excluding hydrogens is 356 g/mol. The van der Waals surface area contributed by atoms with Gasteiger partial charge < -0.3 is 9.88 Å². The van der Waals surface area contributed by atoms with Crippen LogP contribution in [0, 0.1) is 6.92 Å². The fraction of sp³-hybridized carbons (Fsp3) is 0.500. The van der Waals surface area contributed by atoms with Gasteiger partial charge in [0.25, 0.3) is 0 Å². The Morgan fingerprint density at radius 2 is 2.08 bits per heavy atom. The quantitative estimate of drug-likeness (QED) is 0.750. The van der Waals surface area contributed by atoms with Gasteiger partial charge in [-0.3, -0.25) is 4.79 Å². The first-order valence-electron chi connectivity index (χ1n) is 8.71. The molecule has 4 rings (SSSR count). The molecule has 5 nitrogen and oxygen atoms in total. The zero-order valence-corrected chi connectivity index (χ0v) is 15.9. The van der Waals surface area contributed by atoms with Crippen molar-refractivity contribution in [1.29, 1.82) is 0 Å². The van der Waals surface area contributed by atoms with Gasteiger partial charge in [0.15, 0.2) is 5.16 Å². The van der Waals surface area contributed by atoms with Gasteiger partial charge in [-0.1, -0.05) is 29.4 Å². The Morgan fingerprint density at radius 1 is 1.32 bits per heavy atom. The summed E-state index contributed by atoms with van der Waals surface area (Å²) in [4.78, 5) is 12.6. The SMILES string of the molecule is Cc1ccc(Cl)cc1NC(=O)[C@H](C)Sc1nnc(C2CC2)n1C1CC1. The van der Waals surface area contributed by atoms with Gasteiger partial charge in [0, 0.05) is 22.7 Å². The number of hydrogen-bond donors (Lipinski definition) is 1. The highest BCUT2D eigenvalue weighted by Crippen LogP contribution is 2.46.